The second-order valence-corrected chi connectivity index (χ2v) is 10.3. The molecule has 0 aliphatic carbocycles. The van der Waals surface area contributed by atoms with E-state index in [0.717, 1.165) is 10.5 Å². The van der Waals surface area contributed by atoms with Gasteiger partial charge in [0.25, 0.3) is 5.91 Å². The van der Waals surface area contributed by atoms with Crippen LogP contribution in [-0.4, -0.2) is 36.1 Å². The number of anilines is 1. The Bertz CT molecular complexity index is 1060. The van der Waals surface area contributed by atoms with Crippen LogP contribution in [0.1, 0.15) is 39.2 Å². The van der Waals surface area contributed by atoms with Gasteiger partial charge in [-0.3, -0.25) is 9.59 Å². The molecule has 1 unspecified atom stereocenters. The molecule has 30 heavy (non-hydrogen) atoms. The fraction of sp³-hybridized carbons (Fsp3) is 0.364. The highest BCUT2D eigenvalue weighted by atomic mass is 35.5. The number of imide groups is 1. The number of hydrogen-bond donors (Lipinski definition) is 0. The number of carbonyl (C=O) groups excluding carboxylic acids is 2. The molecule has 0 bridgehead atoms. The lowest BCUT2D eigenvalue weighted by atomic mass is 10.00. The number of sulfonamides is 1. The summed E-state index contributed by atoms with van der Waals surface area (Å²) >= 11 is 5.91. The van der Waals surface area contributed by atoms with Gasteiger partial charge in [-0.1, -0.05) is 36.2 Å². The first-order valence-electron chi connectivity index (χ1n) is 9.72. The monoisotopic (exact) mass is 448 g/mol. The maximum absolute atomic E-state index is 13.6. The van der Waals surface area contributed by atoms with Crippen LogP contribution in [0, 0.1) is 6.92 Å². The smallest absolute Gasteiger partial charge is 0.252 e. The Morgan fingerprint density at radius 1 is 1.07 bits per heavy atom. The molecular weight excluding hydrogens is 424 g/mol. The first kappa shape index (κ1) is 22.5. The van der Waals surface area contributed by atoms with E-state index in [1.54, 1.807) is 38.1 Å². The van der Waals surface area contributed by atoms with E-state index in [1.807, 2.05) is 13.8 Å². The van der Waals surface area contributed by atoms with Crippen LogP contribution in [0.5, 0.6) is 0 Å². The number of carbonyl (C=O) groups is 2. The maximum Gasteiger partial charge on any atom is 0.252 e. The normalized spacial score (nSPS) is 17.8. The first-order chi connectivity index (χ1) is 14.0. The Kier molecular flexibility index (Phi) is 6.09. The molecule has 6 nitrogen and oxygen atoms in total. The third-order valence-corrected chi connectivity index (χ3v) is 7.92. The fourth-order valence-electron chi connectivity index (χ4n) is 3.55. The average molecular weight is 449 g/mol. The summed E-state index contributed by atoms with van der Waals surface area (Å²) in [6.45, 7) is 7.27. The molecule has 0 spiro atoms. The Labute approximate surface area is 182 Å². The molecule has 160 valence electrons. The predicted octanol–water partition coefficient (Wildman–Crippen LogP) is 4.16. The van der Waals surface area contributed by atoms with E-state index in [0.29, 0.717) is 17.1 Å². The molecule has 0 radical (unpaired) electrons. The molecule has 1 atom stereocenters. The minimum Gasteiger partial charge on any atom is -0.274 e. The Hall–Kier alpha value is -2.22. The number of amides is 2. The SMILES string of the molecule is CCC(C)(C)N(C1CC(=O)N(c2ccc(C)cc2)C1=O)S(=O)(=O)c1ccc(Cl)cc1. The first-order valence-corrected chi connectivity index (χ1v) is 11.5. The lowest BCUT2D eigenvalue weighted by Crippen LogP contribution is -2.55. The molecule has 1 heterocycles. The van der Waals surface area contributed by atoms with Crippen LogP contribution in [0.4, 0.5) is 5.69 Å². The van der Waals surface area contributed by atoms with Crippen LogP contribution in [-0.2, 0) is 19.6 Å². The van der Waals surface area contributed by atoms with Gasteiger partial charge in [0.15, 0.2) is 0 Å². The summed E-state index contributed by atoms with van der Waals surface area (Å²) in [7, 11) is -4.06. The van der Waals surface area contributed by atoms with Gasteiger partial charge in [-0.25, -0.2) is 13.3 Å². The third kappa shape index (κ3) is 4.02. The molecule has 1 aliphatic heterocycles. The molecule has 0 saturated carbocycles. The molecule has 3 rings (SSSR count). The molecule has 1 saturated heterocycles. The second kappa shape index (κ2) is 8.13. The van der Waals surface area contributed by atoms with Gasteiger partial charge in [0.05, 0.1) is 17.0 Å². The highest BCUT2D eigenvalue weighted by molar-refractivity contribution is 7.89. The van der Waals surface area contributed by atoms with Crippen LogP contribution in [0.15, 0.2) is 53.4 Å². The molecular formula is C22H25ClN2O4S. The van der Waals surface area contributed by atoms with Crippen LogP contribution in [0.3, 0.4) is 0 Å². The molecule has 1 fully saturated rings. The highest BCUT2D eigenvalue weighted by Crippen LogP contribution is 2.36. The molecule has 2 amide bonds. The summed E-state index contributed by atoms with van der Waals surface area (Å²) < 4.78 is 28.3. The van der Waals surface area contributed by atoms with E-state index in [9.17, 15) is 18.0 Å². The van der Waals surface area contributed by atoms with E-state index < -0.39 is 33.4 Å². The molecule has 1 aliphatic rings. The van der Waals surface area contributed by atoms with Crippen molar-refractivity contribution >= 4 is 39.1 Å². The number of rotatable bonds is 6. The summed E-state index contributed by atoms with van der Waals surface area (Å²) in [6, 6.07) is 11.7. The van der Waals surface area contributed by atoms with E-state index >= 15 is 0 Å². The van der Waals surface area contributed by atoms with Crippen molar-refractivity contribution in [1.29, 1.82) is 0 Å². The van der Waals surface area contributed by atoms with Crippen molar-refractivity contribution in [2.45, 2.75) is 57.0 Å². The number of hydrogen-bond acceptors (Lipinski definition) is 4. The van der Waals surface area contributed by atoms with Crippen molar-refractivity contribution in [3.8, 4) is 0 Å². The van der Waals surface area contributed by atoms with E-state index in [2.05, 4.69) is 0 Å². The van der Waals surface area contributed by atoms with E-state index in [-0.39, 0.29) is 11.3 Å². The van der Waals surface area contributed by atoms with Gasteiger partial charge in [0, 0.05) is 10.6 Å². The third-order valence-electron chi connectivity index (χ3n) is 5.53. The zero-order valence-electron chi connectivity index (χ0n) is 17.4. The van der Waals surface area contributed by atoms with Gasteiger partial charge in [-0.2, -0.15) is 4.31 Å². The van der Waals surface area contributed by atoms with Crippen LogP contribution in [0.25, 0.3) is 0 Å². The van der Waals surface area contributed by atoms with Crippen molar-refractivity contribution in [2.75, 3.05) is 4.90 Å². The minimum atomic E-state index is -4.06. The summed E-state index contributed by atoms with van der Waals surface area (Å²) in [6.07, 6.45) is 0.255. The molecule has 0 aromatic heterocycles. The van der Waals surface area contributed by atoms with Crippen molar-refractivity contribution in [2.24, 2.45) is 0 Å². The molecule has 2 aromatic rings. The lowest BCUT2D eigenvalue weighted by molar-refractivity contribution is -0.122. The van der Waals surface area contributed by atoms with Gasteiger partial charge in [-0.05, 0) is 63.6 Å². The number of aryl methyl sites for hydroxylation is 1. The van der Waals surface area contributed by atoms with E-state index in [1.165, 1.54) is 28.6 Å². The largest absolute Gasteiger partial charge is 0.274 e. The van der Waals surface area contributed by atoms with Crippen LogP contribution < -0.4 is 4.90 Å². The second-order valence-electron chi connectivity index (χ2n) is 8.04. The van der Waals surface area contributed by atoms with E-state index in [4.69, 9.17) is 11.6 Å². The summed E-state index contributed by atoms with van der Waals surface area (Å²) in [5, 5.41) is 0.410. The fourth-order valence-corrected chi connectivity index (χ4v) is 5.67. The van der Waals surface area contributed by atoms with Crippen LogP contribution >= 0.6 is 11.6 Å². The van der Waals surface area contributed by atoms with Crippen molar-refractivity contribution in [1.82, 2.24) is 4.31 Å². The Balaban J connectivity index is 2.07. The zero-order valence-corrected chi connectivity index (χ0v) is 19.0. The van der Waals surface area contributed by atoms with Crippen molar-refractivity contribution in [3.63, 3.8) is 0 Å². The van der Waals surface area contributed by atoms with Crippen molar-refractivity contribution in [3.05, 3.63) is 59.1 Å². The number of nitrogens with zero attached hydrogens (tertiary/aromatic N) is 2. The van der Waals surface area contributed by atoms with Gasteiger partial charge in [0.1, 0.15) is 6.04 Å². The summed E-state index contributed by atoms with van der Waals surface area (Å²) in [5.74, 6) is -0.958. The van der Waals surface area contributed by atoms with Gasteiger partial charge >= 0.3 is 0 Å². The standard InChI is InChI=1S/C22H25ClN2O4S/c1-5-22(3,4)25(30(28,29)18-12-8-16(23)9-13-18)19-14-20(26)24(21(19)27)17-10-6-15(2)7-11-17/h6-13,19H,5,14H2,1-4H3. The van der Waals surface area contributed by atoms with Crippen molar-refractivity contribution < 1.29 is 18.0 Å². The average Bonchev–Trinajstić information content (AvgIpc) is 2.96. The Morgan fingerprint density at radius 3 is 2.17 bits per heavy atom. The number of halogens is 1. The number of benzene rings is 2. The lowest BCUT2D eigenvalue weighted by Gasteiger charge is -2.39. The summed E-state index contributed by atoms with van der Waals surface area (Å²) in [4.78, 5) is 27.2. The van der Waals surface area contributed by atoms with Gasteiger partial charge in [-0.15, -0.1) is 0 Å². The highest BCUT2D eigenvalue weighted by Gasteiger charge is 2.51. The Morgan fingerprint density at radius 2 is 1.63 bits per heavy atom. The molecule has 0 N–H and O–H groups in total. The minimum absolute atomic E-state index is 0.0301. The summed E-state index contributed by atoms with van der Waals surface area (Å²) in [5.41, 5.74) is 0.548. The van der Waals surface area contributed by atoms with Gasteiger partial charge < -0.3 is 0 Å². The topological polar surface area (TPSA) is 74.8 Å². The van der Waals surface area contributed by atoms with Crippen LogP contribution in [0.2, 0.25) is 5.02 Å². The predicted molar refractivity (Wildman–Crippen MR) is 117 cm³/mol. The quantitative estimate of drug-likeness (QED) is 0.622. The molecule has 2 aromatic carbocycles. The zero-order chi connectivity index (χ0) is 22.3. The van der Waals surface area contributed by atoms with Gasteiger partial charge in [0.2, 0.25) is 15.9 Å². The molecule has 8 heteroatoms. The maximum atomic E-state index is 13.6.